The third-order valence-corrected chi connectivity index (χ3v) is 4.81. The monoisotopic (exact) mass is 404 g/mol. The smallest absolute Gasteiger partial charge is 0.256 e. The standard InChI is InChI=1S/C16H20N8O5/c1-22(2)13(27)8-3-19-24(4-8)15-20-11(17)10-12(21-15)18-7-23(10)14-16(28,6-25)9(26)5-29-14/h3-4,7,9,14,25-26,28H,5-6H2,1-2H3,(H2,17,20,21). The summed E-state index contributed by atoms with van der Waals surface area (Å²) in [6.45, 7) is -0.899. The molecule has 1 fully saturated rings. The molecule has 0 aliphatic carbocycles. The Labute approximate surface area is 164 Å². The van der Waals surface area contributed by atoms with Gasteiger partial charge >= 0.3 is 0 Å². The zero-order valence-corrected chi connectivity index (χ0v) is 15.7. The van der Waals surface area contributed by atoms with Crippen molar-refractivity contribution >= 4 is 22.9 Å². The van der Waals surface area contributed by atoms with Crippen LogP contribution >= 0.6 is 0 Å². The van der Waals surface area contributed by atoms with Crippen LogP contribution in [0.15, 0.2) is 18.7 Å². The van der Waals surface area contributed by atoms with Crippen LogP contribution in [0, 0.1) is 0 Å². The van der Waals surface area contributed by atoms with Crippen molar-refractivity contribution in [3.05, 3.63) is 24.3 Å². The second kappa shape index (κ2) is 6.73. The summed E-state index contributed by atoms with van der Waals surface area (Å²) in [6.07, 6.45) is 1.78. The molecule has 3 aromatic rings. The van der Waals surface area contributed by atoms with Crippen molar-refractivity contribution in [2.45, 2.75) is 17.9 Å². The van der Waals surface area contributed by atoms with E-state index in [9.17, 15) is 20.1 Å². The summed E-state index contributed by atoms with van der Waals surface area (Å²) in [4.78, 5) is 26.1. The number of ether oxygens (including phenoxy) is 1. The van der Waals surface area contributed by atoms with Crippen LogP contribution in [-0.2, 0) is 4.74 Å². The van der Waals surface area contributed by atoms with Crippen molar-refractivity contribution in [2.24, 2.45) is 0 Å². The molecule has 0 aromatic carbocycles. The van der Waals surface area contributed by atoms with E-state index in [-0.39, 0.29) is 35.4 Å². The number of carbonyl (C=O) groups excluding carboxylic acids is 1. The Morgan fingerprint density at radius 2 is 2.21 bits per heavy atom. The number of aliphatic hydroxyl groups excluding tert-OH is 2. The van der Waals surface area contributed by atoms with Gasteiger partial charge in [0.1, 0.15) is 17.9 Å². The van der Waals surface area contributed by atoms with Crippen LogP contribution in [0.4, 0.5) is 5.82 Å². The molecule has 1 aliphatic heterocycles. The number of nitrogen functional groups attached to an aromatic ring is 1. The van der Waals surface area contributed by atoms with Gasteiger partial charge in [0.15, 0.2) is 23.3 Å². The topological polar surface area (TPSA) is 178 Å². The second-order valence-electron chi connectivity index (χ2n) is 6.96. The van der Waals surface area contributed by atoms with Crippen LogP contribution in [-0.4, -0.2) is 94.4 Å². The predicted octanol–water partition coefficient (Wildman–Crippen LogP) is -2.09. The molecule has 3 atom stereocenters. The lowest BCUT2D eigenvalue weighted by molar-refractivity contribution is -0.131. The number of rotatable bonds is 4. The lowest BCUT2D eigenvalue weighted by Crippen LogP contribution is -2.48. The first-order valence-corrected chi connectivity index (χ1v) is 8.66. The Morgan fingerprint density at radius 3 is 2.90 bits per heavy atom. The van der Waals surface area contributed by atoms with Crippen molar-refractivity contribution in [2.75, 3.05) is 33.0 Å². The Morgan fingerprint density at radius 1 is 1.45 bits per heavy atom. The zero-order chi connectivity index (χ0) is 20.9. The van der Waals surface area contributed by atoms with E-state index in [4.69, 9.17) is 10.5 Å². The number of hydrogen-bond acceptors (Lipinski definition) is 10. The number of anilines is 1. The minimum absolute atomic E-state index is 0.0174. The second-order valence-corrected chi connectivity index (χ2v) is 6.96. The third kappa shape index (κ3) is 2.91. The van der Waals surface area contributed by atoms with Gasteiger partial charge in [0, 0.05) is 20.3 Å². The van der Waals surface area contributed by atoms with Gasteiger partial charge in [-0.05, 0) is 0 Å². The average Bonchev–Trinajstić information content (AvgIpc) is 3.40. The van der Waals surface area contributed by atoms with E-state index >= 15 is 0 Å². The quantitative estimate of drug-likeness (QED) is 0.377. The van der Waals surface area contributed by atoms with E-state index in [0.29, 0.717) is 5.56 Å². The molecule has 0 bridgehead atoms. The highest BCUT2D eigenvalue weighted by molar-refractivity contribution is 5.93. The largest absolute Gasteiger partial charge is 0.393 e. The van der Waals surface area contributed by atoms with Crippen molar-refractivity contribution in [3.63, 3.8) is 0 Å². The number of aliphatic hydroxyl groups is 3. The summed E-state index contributed by atoms with van der Waals surface area (Å²) in [5.41, 5.74) is 4.97. The van der Waals surface area contributed by atoms with Gasteiger partial charge in [0.05, 0.1) is 25.0 Å². The molecule has 4 rings (SSSR count). The van der Waals surface area contributed by atoms with Crippen molar-refractivity contribution in [3.8, 4) is 5.95 Å². The minimum Gasteiger partial charge on any atom is -0.393 e. The first-order valence-electron chi connectivity index (χ1n) is 8.66. The van der Waals surface area contributed by atoms with Crippen LogP contribution in [0.1, 0.15) is 16.6 Å². The molecule has 1 aliphatic rings. The van der Waals surface area contributed by atoms with Gasteiger partial charge in [0.25, 0.3) is 11.9 Å². The number of imidazole rings is 1. The number of carbonyl (C=O) groups is 1. The predicted molar refractivity (Wildman–Crippen MR) is 97.9 cm³/mol. The van der Waals surface area contributed by atoms with Crippen LogP contribution in [0.25, 0.3) is 17.1 Å². The molecule has 3 aromatic heterocycles. The van der Waals surface area contributed by atoms with Crippen molar-refractivity contribution in [1.29, 1.82) is 0 Å². The SMILES string of the molecule is CN(C)C(=O)c1cnn(-c2nc(N)c3c(ncn3C3OCC(O)C3(O)CO)n2)c1. The van der Waals surface area contributed by atoms with Gasteiger partial charge in [-0.15, -0.1) is 0 Å². The van der Waals surface area contributed by atoms with Gasteiger partial charge in [-0.2, -0.15) is 15.1 Å². The number of nitrogens with two attached hydrogens (primary N) is 1. The summed E-state index contributed by atoms with van der Waals surface area (Å²) in [7, 11) is 3.25. The number of aromatic nitrogens is 6. The minimum atomic E-state index is -1.93. The molecule has 3 unspecified atom stereocenters. The van der Waals surface area contributed by atoms with Crippen LogP contribution in [0.3, 0.4) is 0 Å². The Bertz CT molecular complexity index is 1080. The van der Waals surface area contributed by atoms with E-state index in [0.717, 1.165) is 0 Å². The van der Waals surface area contributed by atoms with Crippen LogP contribution in [0.5, 0.6) is 0 Å². The molecule has 4 heterocycles. The maximum absolute atomic E-state index is 12.0. The van der Waals surface area contributed by atoms with Crippen molar-refractivity contribution < 1.29 is 24.9 Å². The average molecular weight is 404 g/mol. The van der Waals surface area contributed by atoms with Crippen molar-refractivity contribution in [1.82, 2.24) is 34.2 Å². The molecule has 1 amide bonds. The van der Waals surface area contributed by atoms with Gasteiger partial charge in [0.2, 0.25) is 0 Å². The Kier molecular flexibility index (Phi) is 4.46. The normalized spacial score (nSPS) is 24.3. The van der Waals surface area contributed by atoms with Gasteiger partial charge in [-0.3, -0.25) is 9.36 Å². The summed E-state index contributed by atoms with van der Waals surface area (Å²) in [5.74, 6) is -0.110. The highest BCUT2D eigenvalue weighted by atomic mass is 16.6. The van der Waals surface area contributed by atoms with E-state index in [2.05, 4.69) is 20.1 Å². The Hall–Kier alpha value is -3.13. The molecule has 0 saturated carbocycles. The number of nitrogens with zero attached hydrogens (tertiary/aromatic N) is 7. The number of hydrogen-bond donors (Lipinski definition) is 4. The summed E-state index contributed by atoms with van der Waals surface area (Å²) >= 11 is 0. The lowest BCUT2D eigenvalue weighted by Gasteiger charge is -2.29. The molecule has 5 N–H and O–H groups in total. The highest BCUT2D eigenvalue weighted by Gasteiger charge is 2.51. The number of amides is 1. The third-order valence-electron chi connectivity index (χ3n) is 4.81. The molecule has 13 nitrogen and oxygen atoms in total. The molecule has 29 heavy (non-hydrogen) atoms. The summed E-state index contributed by atoms with van der Waals surface area (Å²) in [5, 5.41) is 34.2. The fraction of sp³-hybridized carbons (Fsp3) is 0.438. The summed E-state index contributed by atoms with van der Waals surface area (Å²) in [6, 6.07) is 0. The van der Waals surface area contributed by atoms with E-state index in [1.807, 2.05) is 0 Å². The molecular formula is C16H20N8O5. The van der Waals surface area contributed by atoms with Gasteiger partial charge in [-0.25, -0.2) is 9.67 Å². The van der Waals surface area contributed by atoms with E-state index in [1.54, 1.807) is 14.1 Å². The zero-order valence-electron chi connectivity index (χ0n) is 15.7. The molecule has 13 heteroatoms. The fourth-order valence-electron chi connectivity index (χ4n) is 3.18. The lowest BCUT2D eigenvalue weighted by atomic mass is 9.98. The first-order chi connectivity index (χ1) is 13.8. The van der Waals surface area contributed by atoms with Crippen LogP contribution in [0.2, 0.25) is 0 Å². The van der Waals surface area contributed by atoms with Gasteiger partial charge < -0.3 is 30.7 Å². The van der Waals surface area contributed by atoms with E-state index < -0.39 is 24.5 Å². The van der Waals surface area contributed by atoms with Crippen LogP contribution < -0.4 is 5.73 Å². The fourth-order valence-corrected chi connectivity index (χ4v) is 3.18. The summed E-state index contributed by atoms with van der Waals surface area (Å²) < 4.78 is 8.10. The molecule has 1 saturated heterocycles. The van der Waals surface area contributed by atoms with E-state index in [1.165, 1.54) is 32.9 Å². The molecular weight excluding hydrogens is 384 g/mol. The van der Waals surface area contributed by atoms with Gasteiger partial charge in [-0.1, -0.05) is 0 Å². The first kappa shape index (κ1) is 19.2. The molecule has 154 valence electrons. The molecule has 0 radical (unpaired) electrons. The highest BCUT2D eigenvalue weighted by Crippen LogP contribution is 2.36. The Balaban J connectivity index is 1.75. The maximum Gasteiger partial charge on any atom is 0.256 e. The molecule has 0 spiro atoms. The maximum atomic E-state index is 12.0. The number of fused-ring (bicyclic) bond motifs is 1.